The highest BCUT2D eigenvalue weighted by Crippen LogP contribution is 2.12. The lowest BCUT2D eigenvalue weighted by molar-refractivity contribution is -0.133. The van der Waals surface area contributed by atoms with Crippen LogP contribution in [0.1, 0.15) is 29.8 Å². The highest BCUT2D eigenvalue weighted by atomic mass is 16.5. The van der Waals surface area contributed by atoms with Gasteiger partial charge < -0.3 is 15.0 Å². The van der Waals surface area contributed by atoms with Gasteiger partial charge in [0.25, 0.3) is 5.91 Å². The standard InChI is InChI=1S/C22H28N2O3/c1-16(2)20(23-21(25)18-8-6-5-7-9-18)22(26)24(4)14-15-27-19-12-10-17(3)11-13-19/h5-13,16,20H,14-15H2,1-4H3,(H,23,25)/t20-/m0/s1. The molecule has 2 amide bonds. The van der Waals surface area contributed by atoms with Crippen molar-refractivity contribution in [3.8, 4) is 5.75 Å². The summed E-state index contributed by atoms with van der Waals surface area (Å²) in [6, 6.07) is 16.1. The van der Waals surface area contributed by atoms with Crippen LogP contribution < -0.4 is 10.1 Å². The summed E-state index contributed by atoms with van der Waals surface area (Å²) in [5, 5.41) is 2.86. The number of nitrogens with one attached hydrogen (secondary N) is 1. The van der Waals surface area contributed by atoms with Gasteiger partial charge in [-0.2, -0.15) is 0 Å². The predicted octanol–water partition coefficient (Wildman–Crippen LogP) is 3.29. The molecular formula is C22H28N2O3. The molecule has 1 atom stereocenters. The van der Waals surface area contributed by atoms with Crippen molar-refractivity contribution in [3.05, 3.63) is 65.7 Å². The van der Waals surface area contributed by atoms with E-state index < -0.39 is 6.04 Å². The average Bonchev–Trinajstić information content (AvgIpc) is 2.67. The van der Waals surface area contributed by atoms with E-state index in [2.05, 4.69) is 5.32 Å². The molecule has 0 heterocycles. The van der Waals surface area contributed by atoms with Crippen molar-refractivity contribution >= 4 is 11.8 Å². The van der Waals surface area contributed by atoms with Crippen molar-refractivity contribution in [2.45, 2.75) is 26.8 Å². The molecule has 0 saturated carbocycles. The van der Waals surface area contributed by atoms with Crippen LogP contribution in [0.25, 0.3) is 0 Å². The van der Waals surface area contributed by atoms with Gasteiger partial charge in [-0.3, -0.25) is 9.59 Å². The summed E-state index contributed by atoms with van der Waals surface area (Å²) < 4.78 is 5.69. The molecule has 0 radical (unpaired) electrons. The summed E-state index contributed by atoms with van der Waals surface area (Å²) in [6.07, 6.45) is 0. The first-order chi connectivity index (χ1) is 12.9. The van der Waals surface area contributed by atoms with Crippen molar-refractivity contribution < 1.29 is 14.3 Å². The maximum absolute atomic E-state index is 12.8. The molecule has 0 aliphatic carbocycles. The van der Waals surface area contributed by atoms with Crippen molar-refractivity contribution in [1.29, 1.82) is 0 Å². The van der Waals surface area contributed by atoms with Crippen LogP contribution in [-0.4, -0.2) is 43.0 Å². The van der Waals surface area contributed by atoms with Gasteiger partial charge in [0.05, 0.1) is 6.54 Å². The second-order valence-corrected chi connectivity index (χ2v) is 6.98. The Morgan fingerprint density at radius 1 is 1.04 bits per heavy atom. The minimum atomic E-state index is -0.581. The Labute approximate surface area is 161 Å². The van der Waals surface area contributed by atoms with Crippen molar-refractivity contribution in [1.82, 2.24) is 10.2 Å². The first-order valence-corrected chi connectivity index (χ1v) is 9.19. The molecule has 2 rings (SSSR count). The Bertz CT molecular complexity index is 742. The van der Waals surface area contributed by atoms with Gasteiger partial charge in [0.2, 0.25) is 5.91 Å². The van der Waals surface area contributed by atoms with Gasteiger partial charge in [-0.1, -0.05) is 49.7 Å². The van der Waals surface area contributed by atoms with Crippen LogP contribution in [0.3, 0.4) is 0 Å². The van der Waals surface area contributed by atoms with E-state index in [4.69, 9.17) is 4.74 Å². The first kappa shape index (κ1) is 20.5. The molecule has 0 aromatic heterocycles. The molecule has 1 N–H and O–H groups in total. The van der Waals surface area contributed by atoms with E-state index in [1.165, 1.54) is 5.56 Å². The van der Waals surface area contributed by atoms with Crippen LogP contribution >= 0.6 is 0 Å². The van der Waals surface area contributed by atoms with Crippen LogP contribution in [-0.2, 0) is 4.79 Å². The Balaban J connectivity index is 1.90. The summed E-state index contributed by atoms with van der Waals surface area (Å²) in [5.41, 5.74) is 1.71. The minimum absolute atomic E-state index is 0.0226. The molecule has 5 nitrogen and oxygen atoms in total. The van der Waals surface area contributed by atoms with E-state index in [0.717, 1.165) is 5.75 Å². The number of likely N-dealkylation sites (N-methyl/N-ethyl adjacent to an activating group) is 1. The topological polar surface area (TPSA) is 58.6 Å². The molecule has 144 valence electrons. The molecule has 2 aromatic rings. The molecular weight excluding hydrogens is 340 g/mol. The summed E-state index contributed by atoms with van der Waals surface area (Å²) in [6.45, 7) is 6.70. The van der Waals surface area contributed by atoms with Crippen molar-refractivity contribution in [2.24, 2.45) is 5.92 Å². The third-order valence-corrected chi connectivity index (χ3v) is 4.35. The Morgan fingerprint density at radius 3 is 2.26 bits per heavy atom. The molecule has 0 unspecified atom stereocenters. The molecule has 0 fully saturated rings. The van der Waals surface area contributed by atoms with Gasteiger partial charge in [0.15, 0.2) is 0 Å². The smallest absolute Gasteiger partial charge is 0.251 e. The van der Waals surface area contributed by atoms with Gasteiger partial charge in [-0.05, 0) is 37.1 Å². The van der Waals surface area contributed by atoms with Crippen LogP contribution in [0.15, 0.2) is 54.6 Å². The number of ether oxygens (including phenoxy) is 1. The lowest BCUT2D eigenvalue weighted by atomic mass is 10.0. The van der Waals surface area contributed by atoms with Gasteiger partial charge in [-0.15, -0.1) is 0 Å². The number of amides is 2. The molecule has 5 heteroatoms. The van der Waals surface area contributed by atoms with Crippen molar-refractivity contribution in [3.63, 3.8) is 0 Å². The molecule has 0 saturated heterocycles. The van der Waals surface area contributed by atoms with Gasteiger partial charge in [-0.25, -0.2) is 0 Å². The van der Waals surface area contributed by atoms with E-state index in [-0.39, 0.29) is 17.7 Å². The average molecular weight is 368 g/mol. The zero-order valence-corrected chi connectivity index (χ0v) is 16.4. The predicted molar refractivity (Wildman–Crippen MR) is 107 cm³/mol. The Morgan fingerprint density at radius 2 is 1.67 bits per heavy atom. The third-order valence-electron chi connectivity index (χ3n) is 4.35. The van der Waals surface area contributed by atoms with Crippen molar-refractivity contribution in [2.75, 3.05) is 20.2 Å². The summed E-state index contributed by atoms with van der Waals surface area (Å²) >= 11 is 0. The number of nitrogens with zero attached hydrogens (tertiary/aromatic N) is 1. The lowest BCUT2D eigenvalue weighted by Crippen LogP contribution is -2.50. The fourth-order valence-electron chi connectivity index (χ4n) is 2.61. The SMILES string of the molecule is Cc1ccc(OCCN(C)C(=O)[C@@H](NC(=O)c2ccccc2)C(C)C)cc1. The summed E-state index contributed by atoms with van der Waals surface area (Å²) in [5.74, 6) is 0.388. The minimum Gasteiger partial charge on any atom is -0.492 e. The van der Waals surface area contributed by atoms with Gasteiger partial charge >= 0.3 is 0 Å². The van der Waals surface area contributed by atoms with Crippen LogP contribution in [0.4, 0.5) is 0 Å². The molecule has 0 aliphatic rings. The van der Waals surface area contributed by atoms with E-state index in [9.17, 15) is 9.59 Å². The van der Waals surface area contributed by atoms with Crippen LogP contribution in [0.2, 0.25) is 0 Å². The summed E-state index contributed by atoms with van der Waals surface area (Å²) in [7, 11) is 1.73. The monoisotopic (exact) mass is 368 g/mol. The Kier molecular flexibility index (Phi) is 7.41. The van der Waals surface area contributed by atoms with Crippen LogP contribution in [0.5, 0.6) is 5.75 Å². The maximum Gasteiger partial charge on any atom is 0.251 e. The van der Waals surface area contributed by atoms with E-state index in [0.29, 0.717) is 18.7 Å². The molecule has 2 aromatic carbocycles. The number of carbonyl (C=O) groups excluding carboxylic acids is 2. The summed E-state index contributed by atoms with van der Waals surface area (Å²) in [4.78, 5) is 26.8. The van der Waals surface area contributed by atoms with E-state index in [1.54, 1.807) is 36.2 Å². The second kappa shape index (κ2) is 9.76. The number of hydrogen-bond acceptors (Lipinski definition) is 3. The fraction of sp³-hybridized carbons (Fsp3) is 0.364. The molecule has 27 heavy (non-hydrogen) atoms. The fourth-order valence-corrected chi connectivity index (χ4v) is 2.61. The Hall–Kier alpha value is -2.82. The number of carbonyl (C=O) groups is 2. The number of hydrogen-bond donors (Lipinski definition) is 1. The molecule has 0 aliphatic heterocycles. The maximum atomic E-state index is 12.8. The van der Waals surface area contributed by atoms with Crippen LogP contribution in [0, 0.1) is 12.8 Å². The number of rotatable bonds is 8. The normalized spacial score (nSPS) is 11.7. The van der Waals surface area contributed by atoms with E-state index >= 15 is 0 Å². The highest BCUT2D eigenvalue weighted by molar-refractivity contribution is 5.97. The van der Waals surface area contributed by atoms with E-state index in [1.807, 2.05) is 51.1 Å². The lowest BCUT2D eigenvalue weighted by Gasteiger charge is -2.27. The largest absolute Gasteiger partial charge is 0.492 e. The number of benzene rings is 2. The second-order valence-electron chi connectivity index (χ2n) is 6.98. The van der Waals surface area contributed by atoms with Gasteiger partial charge in [0, 0.05) is 12.6 Å². The molecule has 0 spiro atoms. The zero-order valence-electron chi connectivity index (χ0n) is 16.4. The molecule has 0 bridgehead atoms. The third kappa shape index (κ3) is 6.13. The quantitative estimate of drug-likeness (QED) is 0.778. The first-order valence-electron chi connectivity index (χ1n) is 9.19. The van der Waals surface area contributed by atoms with Gasteiger partial charge in [0.1, 0.15) is 18.4 Å². The number of aryl methyl sites for hydroxylation is 1. The zero-order chi connectivity index (χ0) is 19.8. The highest BCUT2D eigenvalue weighted by Gasteiger charge is 2.27.